The van der Waals surface area contributed by atoms with Gasteiger partial charge in [-0.15, -0.1) is 0 Å². The lowest BCUT2D eigenvalue weighted by Crippen LogP contribution is -2.50. The van der Waals surface area contributed by atoms with Crippen molar-refractivity contribution in [3.8, 4) is 0 Å². The predicted octanol–water partition coefficient (Wildman–Crippen LogP) is 2.02. The van der Waals surface area contributed by atoms with Gasteiger partial charge in [0.1, 0.15) is 11.8 Å². The largest absolute Gasteiger partial charge is 0.461 e. The topological polar surface area (TPSA) is 65.6 Å². The Labute approximate surface area is 152 Å². The van der Waals surface area contributed by atoms with E-state index in [1.165, 1.54) is 0 Å². The average Bonchev–Trinajstić information content (AvgIpc) is 3.19. The van der Waals surface area contributed by atoms with Crippen molar-refractivity contribution < 1.29 is 14.3 Å². The smallest absolute Gasteiger partial charge is 0.312 e. The number of carbonyl (C=O) groups excluding carboxylic acids is 2. The Morgan fingerprint density at radius 3 is 2.65 bits per heavy atom. The van der Waals surface area contributed by atoms with E-state index in [1.54, 1.807) is 0 Å². The first-order chi connectivity index (χ1) is 12.6. The van der Waals surface area contributed by atoms with Gasteiger partial charge in [0.05, 0.1) is 5.41 Å². The summed E-state index contributed by atoms with van der Waals surface area (Å²) >= 11 is 0. The maximum Gasteiger partial charge on any atom is 0.312 e. The zero-order valence-electron chi connectivity index (χ0n) is 14.7. The molecule has 0 bridgehead atoms. The zero-order valence-corrected chi connectivity index (χ0v) is 14.7. The normalized spacial score (nSPS) is 25.0. The maximum atomic E-state index is 12.8. The monoisotopic (exact) mass is 353 g/mol. The predicted molar refractivity (Wildman–Crippen MR) is 96.8 cm³/mol. The molecule has 0 radical (unpaired) electrons. The van der Waals surface area contributed by atoms with Gasteiger partial charge in [0.25, 0.3) is 5.91 Å². The molecule has 2 saturated heterocycles. The Morgan fingerprint density at radius 1 is 1.19 bits per heavy atom. The highest BCUT2D eigenvalue weighted by atomic mass is 16.6. The van der Waals surface area contributed by atoms with Crippen molar-refractivity contribution in [2.45, 2.75) is 25.4 Å². The summed E-state index contributed by atoms with van der Waals surface area (Å²) in [6, 6.07) is 9.87. The van der Waals surface area contributed by atoms with E-state index in [1.807, 2.05) is 35.2 Å². The Hall–Kier alpha value is -2.34. The Balaban J connectivity index is 1.18. The molecule has 6 heteroatoms. The van der Waals surface area contributed by atoms with Gasteiger partial charge in [0, 0.05) is 50.0 Å². The average molecular weight is 353 g/mol. The first-order valence-electron chi connectivity index (χ1n) is 9.43. The highest BCUT2D eigenvalue weighted by Crippen LogP contribution is 2.54. The number of benzene rings is 1. The number of piperazine rings is 1. The molecule has 2 aliphatic heterocycles. The minimum atomic E-state index is -0.127. The molecule has 5 rings (SSSR count). The minimum Gasteiger partial charge on any atom is -0.461 e. The molecule has 1 amide bonds. The third-order valence-electron chi connectivity index (χ3n) is 6.06. The number of rotatable bonds is 3. The van der Waals surface area contributed by atoms with Crippen LogP contribution in [-0.4, -0.2) is 65.5 Å². The number of H-pyrrole nitrogens is 1. The van der Waals surface area contributed by atoms with Crippen molar-refractivity contribution in [2.75, 3.05) is 32.7 Å². The molecular formula is C20H23N3O3. The number of cyclic esters (lactones) is 1. The number of fused-ring (bicyclic) bond motifs is 1. The van der Waals surface area contributed by atoms with E-state index < -0.39 is 0 Å². The van der Waals surface area contributed by atoms with Gasteiger partial charge >= 0.3 is 5.97 Å². The number of nitrogens with one attached hydrogen (secondary N) is 1. The highest BCUT2D eigenvalue weighted by molar-refractivity contribution is 5.98. The standard InChI is InChI=1S/C20H23N3O3/c24-18(17-11-14-3-1-2-4-16(14)21-17)23-9-7-22(8-10-23)13-15-12-20(5-6-20)19(25)26-15/h1-4,11,15,21H,5-10,12-13H2. The fraction of sp³-hybridized carbons (Fsp3) is 0.500. The van der Waals surface area contributed by atoms with Gasteiger partial charge in [-0.05, 0) is 25.0 Å². The summed E-state index contributed by atoms with van der Waals surface area (Å²) in [6.45, 7) is 3.86. The molecule has 1 spiro atoms. The van der Waals surface area contributed by atoms with Crippen LogP contribution in [0.3, 0.4) is 0 Å². The summed E-state index contributed by atoms with van der Waals surface area (Å²) in [5.74, 6) is 0.0696. The molecule has 1 N–H and O–H groups in total. The summed E-state index contributed by atoms with van der Waals surface area (Å²) in [6.07, 6.45) is 2.89. The van der Waals surface area contributed by atoms with E-state index in [9.17, 15) is 9.59 Å². The van der Waals surface area contributed by atoms with E-state index in [2.05, 4.69) is 9.88 Å². The summed E-state index contributed by atoms with van der Waals surface area (Å²) in [5, 5.41) is 1.06. The molecule has 1 unspecified atom stereocenters. The van der Waals surface area contributed by atoms with E-state index >= 15 is 0 Å². The second-order valence-corrected chi connectivity index (χ2v) is 7.87. The van der Waals surface area contributed by atoms with Crippen molar-refractivity contribution in [1.82, 2.24) is 14.8 Å². The highest BCUT2D eigenvalue weighted by Gasteiger charge is 2.57. The maximum absolute atomic E-state index is 12.8. The Kier molecular flexibility index (Phi) is 3.57. The van der Waals surface area contributed by atoms with Crippen LogP contribution in [0.1, 0.15) is 29.8 Å². The molecule has 1 aromatic heterocycles. The molecule has 3 aliphatic rings. The molecule has 136 valence electrons. The van der Waals surface area contributed by atoms with Gasteiger partial charge in [-0.3, -0.25) is 14.5 Å². The number of amides is 1. The minimum absolute atomic E-state index is 0.00937. The molecule has 1 aromatic carbocycles. The molecule has 2 aromatic rings. The molecule has 1 atom stereocenters. The van der Waals surface area contributed by atoms with Gasteiger partial charge in [-0.2, -0.15) is 0 Å². The van der Waals surface area contributed by atoms with Crippen molar-refractivity contribution in [1.29, 1.82) is 0 Å². The third kappa shape index (κ3) is 2.69. The van der Waals surface area contributed by atoms with Crippen LogP contribution in [0.5, 0.6) is 0 Å². The molecule has 1 aliphatic carbocycles. The second-order valence-electron chi connectivity index (χ2n) is 7.87. The van der Waals surface area contributed by atoms with E-state index in [-0.39, 0.29) is 23.4 Å². The van der Waals surface area contributed by atoms with Crippen LogP contribution in [0.15, 0.2) is 30.3 Å². The van der Waals surface area contributed by atoms with Crippen molar-refractivity contribution >= 4 is 22.8 Å². The number of hydrogen-bond donors (Lipinski definition) is 1. The quantitative estimate of drug-likeness (QED) is 0.858. The third-order valence-corrected chi connectivity index (χ3v) is 6.06. The number of hydrogen-bond acceptors (Lipinski definition) is 4. The fourth-order valence-electron chi connectivity index (χ4n) is 4.28. The van der Waals surface area contributed by atoms with Gasteiger partial charge in [-0.1, -0.05) is 18.2 Å². The molecule has 26 heavy (non-hydrogen) atoms. The number of nitrogens with zero attached hydrogens (tertiary/aromatic N) is 2. The molecular weight excluding hydrogens is 330 g/mol. The first kappa shape index (κ1) is 15.9. The fourth-order valence-corrected chi connectivity index (χ4v) is 4.28. The van der Waals surface area contributed by atoms with Crippen LogP contribution >= 0.6 is 0 Å². The second kappa shape index (κ2) is 5.84. The van der Waals surface area contributed by atoms with Gasteiger partial charge in [-0.25, -0.2) is 0 Å². The van der Waals surface area contributed by atoms with Crippen LogP contribution in [0.25, 0.3) is 10.9 Å². The number of aromatic amines is 1. The summed E-state index contributed by atoms with van der Waals surface area (Å²) in [5.41, 5.74) is 1.52. The first-order valence-corrected chi connectivity index (χ1v) is 9.43. The summed E-state index contributed by atoms with van der Waals surface area (Å²) in [7, 11) is 0. The molecule has 3 fully saturated rings. The molecule has 6 nitrogen and oxygen atoms in total. The Bertz CT molecular complexity index is 829. The lowest BCUT2D eigenvalue weighted by atomic mass is 10.0. The lowest BCUT2D eigenvalue weighted by Gasteiger charge is -2.35. The van der Waals surface area contributed by atoms with Gasteiger partial charge in [0.2, 0.25) is 0 Å². The lowest BCUT2D eigenvalue weighted by molar-refractivity contribution is -0.145. The van der Waals surface area contributed by atoms with Gasteiger partial charge < -0.3 is 14.6 Å². The van der Waals surface area contributed by atoms with Crippen LogP contribution in [0.2, 0.25) is 0 Å². The number of aromatic nitrogens is 1. The zero-order chi connectivity index (χ0) is 17.7. The van der Waals surface area contributed by atoms with Crippen molar-refractivity contribution in [2.24, 2.45) is 5.41 Å². The number of esters is 1. The van der Waals surface area contributed by atoms with Crippen molar-refractivity contribution in [3.05, 3.63) is 36.0 Å². The molecule has 1 saturated carbocycles. The van der Waals surface area contributed by atoms with Gasteiger partial charge in [0.15, 0.2) is 0 Å². The van der Waals surface area contributed by atoms with Crippen LogP contribution in [-0.2, 0) is 9.53 Å². The van der Waals surface area contributed by atoms with E-state index in [4.69, 9.17) is 4.74 Å². The summed E-state index contributed by atoms with van der Waals surface area (Å²) in [4.78, 5) is 32.1. The molecule has 3 heterocycles. The summed E-state index contributed by atoms with van der Waals surface area (Å²) < 4.78 is 5.55. The number of carbonyl (C=O) groups is 2. The van der Waals surface area contributed by atoms with Crippen LogP contribution in [0.4, 0.5) is 0 Å². The van der Waals surface area contributed by atoms with Crippen molar-refractivity contribution in [3.63, 3.8) is 0 Å². The van der Waals surface area contributed by atoms with Crippen LogP contribution in [0, 0.1) is 5.41 Å². The number of para-hydroxylation sites is 1. The van der Waals surface area contributed by atoms with Crippen LogP contribution < -0.4 is 0 Å². The van der Waals surface area contributed by atoms with E-state index in [0.717, 1.165) is 49.8 Å². The van der Waals surface area contributed by atoms with E-state index in [0.29, 0.717) is 18.8 Å². The SMILES string of the molecule is O=C(c1cc2ccccc2[nH]1)N1CCN(CC2CC3(CC3)C(=O)O2)CC1. The number of ether oxygens (including phenoxy) is 1. The Morgan fingerprint density at radius 2 is 1.96 bits per heavy atom.